The number of likely N-dealkylation sites (N-methyl/N-ethyl adjacent to an activating group) is 1. The van der Waals surface area contributed by atoms with Gasteiger partial charge in [0, 0.05) is 67.6 Å². The molecule has 13 heteroatoms. The summed E-state index contributed by atoms with van der Waals surface area (Å²) in [6.07, 6.45) is 0.232. The number of benzene rings is 2. The highest BCUT2D eigenvalue weighted by Gasteiger charge is 2.34. The average molecular weight is 602 g/mol. The SMILES string of the molecule is Cc1ccc(NC(=O)c2ccc(CN3CCN(C)CC3)c(C(F)(F)F)c2)cc1Nc1nc(-c2ccncc2)nc2[nH]cnc12. The van der Waals surface area contributed by atoms with Gasteiger partial charge in [-0.15, -0.1) is 0 Å². The molecule has 0 bridgehead atoms. The number of aromatic nitrogens is 5. The molecule has 6 rings (SSSR count). The minimum Gasteiger partial charge on any atom is -0.338 e. The summed E-state index contributed by atoms with van der Waals surface area (Å²) in [5.74, 6) is 0.263. The number of alkyl halides is 3. The van der Waals surface area contributed by atoms with Crippen molar-refractivity contribution in [1.29, 1.82) is 0 Å². The lowest BCUT2D eigenvalue weighted by molar-refractivity contribution is -0.138. The lowest BCUT2D eigenvalue weighted by atomic mass is 10.0. The normalized spacial score (nSPS) is 14.6. The molecule has 1 saturated heterocycles. The van der Waals surface area contributed by atoms with Crippen molar-refractivity contribution < 1.29 is 18.0 Å². The van der Waals surface area contributed by atoms with Gasteiger partial charge in [0.2, 0.25) is 0 Å². The summed E-state index contributed by atoms with van der Waals surface area (Å²) in [6.45, 7) is 5.02. The molecule has 0 radical (unpaired) electrons. The van der Waals surface area contributed by atoms with Crippen LogP contribution in [0.1, 0.15) is 27.0 Å². The van der Waals surface area contributed by atoms with Gasteiger partial charge in [0.1, 0.15) is 0 Å². The van der Waals surface area contributed by atoms with Crippen LogP contribution in [0.4, 0.5) is 30.4 Å². The highest BCUT2D eigenvalue weighted by Crippen LogP contribution is 2.34. The highest BCUT2D eigenvalue weighted by atomic mass is 19.4. The van der Waals surface area contributed by atoms with Crippen LogP contribution in [-0.4, -0.2) is 73.9 Å². The first-order valence-electron chi connectivity index (χ1n) is 14.1. The topological polar surface area (TPSA) is 115 Å². The molecule has 0 spiro atoms. The molecule has 1 aliphatic rings. The van der Waals surface area contributed by atoms with Crippen molar-refractivity contribution in [3.05, 3.63) is 89.5 Å². The molecule has 0 saturated carbocycles. The number of nitrogens with zero attached hydrogens (tertiary/aromatic N) is 6. The molecule has 44 heavy (non-hydrogen) atoms. The highest BCUT2D eigenvalue weighted by molar-refractivity contribution is 6.04. The maximum Gasteiger partial charge on any atom is 0.416 e. The van der Waals surface area contributed by atoms with Crippen LogP contribution in [0, 0.1) is 6.92 Å². The molecule has 10 nitrogen and oxygen atoms in total. The summed E-state index contributed by atoms with van der Waals surface area (Å²) >= 11 is 0. The fourth-order valence-electron chi connectivity index (χ4n) is 5.08. The number of fused-ring (bicyclic) bond motifs is 1. The summed E-state index contributed by atoms with van der Waals surface area (Å²) in [5.41, 5.74) is 2.98. The van der Waals surface area contributed by atoms with Gasteiger partial charge in [0.15, 0.2) is 22.8 Å². The maximum atomic E-state index is 14.1. The fourth-order valence-corrected chi connectivity index (χ4v) is 5.08. The van der Waals surface area contributed by atoms with Crippen LogP contribution in [0.3, 0.4) is 0 Å². The Morgan fingerprint density at radius 3 is 2.52 bits per heavy atom. The van der Waals surface area contributed by atoms with Crippen molar-refractivity contribution in [2.24, 2.45) is 0 Å². The number of aromatic amines is 1. The van der Waals surface area contributed by atoms with Gasteiger partial charge in [-0.25, -0.2) is 15.0 Å². The number of rotatable bonds is 7. The van der Waals surface area contributed by atoms with Gasteiger partial charge in [-0.2, -0.15) is 13.2 Å². The van der Waals surface area contributed by atoms with Crippen molar-refractivity contribution >= 4 is 34.3 Å². The van der Waals surface area contributed by atoms with E-state index >= 15 is 0 Å². The van der Waals surface area contributed by atoms with Crippen LogP contribution in [0.2, 0.25) is 0 Å². The minimum absolute atomic E-state index is 0.0782. The number of carbonyl (C=O) groups is 1. The Morgan fingerprint density at radius 1 is 1.00 bits per heavy atom. The number of hydrogen-bond donors (Lipinski definition) is 3. The van der Waals surface area contributed by atoms with E-state index in [0.717, 1.165) is 30.3 Å². The Morgan fingerprint density at radius 2 is 1.77 bits per heavy atom. The monoisotopic (exact) mass is 601 g/mol. The van der Waals surface area contributed by atoms with Crippen LogP contribution < -0.4 is 10.6 Å². The number of nitrogens with one attached hydrogen (secondary N) is 3. The van der Waals surface area contributed by atoms with Gasteiger partial charge in [0.25, 0.3) is 5.91 Å². The second kappa shape index (κ2) is 12.0. The number of amides is 1. The van der Waals surface area contributed by atoms with Crippen molar-refractivity contribution in [3.63, 3.8) is 0 Å². The predicted molar refractivity (Wildman–Crippen MR) is 162 cm³/mol. The summed E-state index contributed by atoms with van der Waals surface area (Å²) < 4.78 is 42.2. The van der Waals surface area contributed by atoms with E-state index in [4.69, 9.17) is 0 Å². The molecule has 1 aliphatic heterocycles. The number of carbonyl (C=O) groups excluding carboxylic acids is 1. The van der Waals surface area contributed by atoms with Crippen LogP contribution in [0.15, 0.2) is 67.3 Å². The van der Waals surface area contributed by atoms with E-state index in [1.54, 1.807) is 42.7 Å². The first-order chi connectivity index (χ1) is 21.1. The van der Waals surface area contributed by atoms with Crippen molar-refractivity contribution in [1.82, 2.24) is 34.7 Å². The summed E-state index contributed by atoms with van der Waals surface area (Å²) in [7, 11) is 1.99. The van der Waals surface area contributed by atoms with E-state index in [2.05, 4.69) is 40.5 Å². The third-order valence-corrected chi connectivity index (χ3v) is 7.63. The van der Waals surface area contributed by atoms with Crippen LogP contribution in [0.5, 0.6) is 0 Å². The first-order valence-corrected chi connectivity index (χ1v) is 14.1. The van der Waals surface area contributed by atoms with E-state index in [1.807, 2.05) is 18.9 Å². The molecule has 1 amide bonds. The summed E-state index contributed by atoms with van der Waals surface area (Å²) in [6, 6.07) is 12.6. The van der Waals surface area contributed by atoms with Crippen LogP contribution >= 0.6 is 0 Å². The van der Waals surface area contributed by atoms with Crippen molar-refractivity contribution in [2.75, 3.05) is 43.9 Å². The van der Waals surface area contributed by atoms with Gasteiger partial charge in [-0.1, -0.05) is 12.1 Å². The first kappa shape index (κ1) is 29.2. The standard InChI is InChI=1S/C31H30F3N9O/c1-19-3-6-23(16-25(19)39-29-26-28(37-18-36-26)40-27(41-29)20-7-9-35-10-8-20)38-30(44)21-4-5-22(24(15-21)31(32,33)34)17-43-13-11-42(2)12-14-43/h3-10,15-16,18H,11-14,17H2,1-2H3,(H,38,44)(H2,36,37,39,40,41). The zero-order chi connectivity index (χ0) is 30.8. The number of aryl methyl sites for hydroxylation is 1. The smallest absolute Gasteiger partial charge is 0.338 e. The van der Waals surface area contributed by atoms with Crippen molar-refractivity contribution in [3.8, 4) is 11.4 Å². The second-order valence-corrected chi connectivity index (χ2v) is 10.8. The Bertz CT molecular complexity index is 1800. The summed E-state index contributed by atoms with van der Waals surface area (Å²) in [5, 5.41) is 6.03. The lowest BCUT2D eigenvalue weighted by Gasteiger charge is -2.33. The fraction of sp³-hybridized carbons (Fsp3) is 0.258. The van der Waals surface area contributed by atoms with Gasteiger partial charge in [-0.3, -0.25) is 14.7 Å². The molecule has 0 atom stereocenters. The molecule has 2 aromatic carbocycles. The second-order valence-electron chi connectivity index (χ2n) is 10.8. The average Bonchev–Trinajstić information content (AvgIpc) is 3.49. The lowest BCUT2D eigenvalue weighted by Crippen LogP contribution is -2.44. The van der Waals surface area contributed by atoms with Gasteiger partial charge < -0.3 is 20.5 Å². The minimum atomic E-state index is -4.59. The van der Waals surface area contributed by atoms with Crippen LogP contribution in [-0.2, 0) is 12.7 Å². The number of piperazine rings is 1. The van der Waals surface area contributed by atoms with Gasteiger partial charge in [0.05, 0.1) is 11.9 Å². The molecule has 226 valence electrons. The third kappa shape index (κ3) is 6.38. The quantitative estimate of drug-likeness (QED) is 0.225. The number of halogens is 3. The number of pyridine rings is 1. The Labute approximate surface area is 251 Å². The molecular formula is C31H30F3N9O. The molecule has 5 aromatic rings. The number of hydrogen-bond acceptors (Lipinski definition) is 8. The Kier molecular flexibility index (Phi) is 7.97. The Hall–Kier alpha value is -4.88. The van der Waals surface area contributed by atoms with E-state index in [1.165, 1.54) is 18.5 Å². The number of H-pyrrole nitrogens is 1. The van der Waals surface area contributed by atoms with E-state index in [9.17, 15) is 18.0 Å². The number of anilines is 3. The summed E-state index contributed by atoms with van der Waals surface area (Å²) in [4.78, 5) is 37.9. The van der Waals surface area contributed by atoms with E-state index in [-0.39, 0.29) is 17.7 Å². The molecule has 0 aliphatic carbocycles. The molecule has 0 unspecified atom stereocenters. The molecule has 3 aromatic heterocycles. The van der Waals surface area contributed by atoms with E-state index < -0.39 is 17.6 Å². The maximum absolute atomic E-state index is 14.1. The third-order valence-electron chi connectivity index (χ3n) is 7.63. The molecule has 1 fully saturated rings. The zero-order valence-corrected chi connectivity index (χ0v) is 24.1. The molecule has 4 heterocycles. The largest absolute Gasteiger partial charge is 0.416 e. The predicted octanol–water partition coefficient (Wildman–Crippen LogP) is 5.49. The van der Waals surface area contributed by atoms with Crippen molar-refractivity contribution in [2.45, 2.75) is 19.6 Å². The molecule has 3 N–H and O–H groups in total. The van der Waals surface area contributed by atoms with Crippen LogP contribution in [0.25, 0.3) is 22.6 Å². The van der Waals surface area contributed by atoms with Gasteiger partial charge in [-0.05, 0) is 61.5 Å². The van der Waals surface area contributed by atoms with E-state index in [0.29, 0.717) is 47.3 Å². The number of imidazole rings is 1. The Balaban J connectivity index is 1.23. The molecular weight excluding hydrogens is 571 g/mol. The zero-order valence-electron chi connectivity index (χ0n) is 24.1. The van der Waals surface area contributed by atoms with Gasteiger partial charge >= 0.3 is 6.18 Å².